The van der Waals surface area contributed by atoms with E-state index in [1.54, 1.807) is 19.1 Å². The highest BCUT2D eigenvalue weighted by Gasteiger charge is 2.32. The Kier molecular flexibility index (Phi) is 11.2. The van der Waals surface area contributed by atoms with Crippen LogP contribution in [0.1, 0.15) is 43.4 Å². The van der Waals surface area contributed by atoms with Gasteiger partial charge in [-0.15, -0.1) is 0 Å². The van der Waals surface area contributed by atoms with E-state index in [0.717, 1.165) is 33.8 Å². The first-order valence-corrected chi connectivity index (χ1v) is 15.3. The SMILES string of the molecule is CCCCNC(=O)C(C)N(CCc1ccccc1)C(=O)CN(c1ccc(C)c(C)c1)S(=O)(=O)c1ccc(Cl)cc1. The minimum absolute atomic E-state index is 0.0177. The molecule has 0 aliphatic carbocycles. The molecule has 9 heteroatoms. The summed E-state index contributed by atoms with van der Waals surface area (Å²) in [4.78, 5) is 28.4. The molecule has 0 aromatic heterocycles. The van der Waals surface area contributed by atoms with Gasteiger partial charge >= 0.3 is 0 Å². The van der Waals surface area contributed by atoms with Gasteiger partial charge in [0.25, 0.3) is 10.0 Å². The predicted molar refractivity (Wildman–Crippen MR) is 161 cm³/mol. The summed E-state index contributed by atoms with van der Waals surface area (Å²) in [6.45, 7) is 7.85. The third-order valence-corrected chi connectivity index (χ3v) is 8.98. The zero-order chi connectivity index (χ0) is 29.3. The van der Waals surface area contributed by atoms with Crippen molar-refractivity contribution >= 4 is 39.1 Å². The summed E-state index contributed by atoms with van der Waals surface area (Å²) in [5.41, 5.74) is 3.28. The van der Waals surface area contributed by atoms with Gasteiger partial charge in [-0.3, -0.25) is 13.9 Å². The van der Waals surface area contributed by atoms with Crippen molar-refractivity contribution in [1.82, 2.24) is 10.2 Å². The molecule has 3 aromatic rings. The van der Waals surface area contributed by atoms with Crippen LogP contribution >= 0.6 is 11.6 Å². The van der Waals surface area contributed by atoms with E-state index >= 15 is 0 Å². The number of carbonyl (C=O) groups excluding carboxylic acids is 2. The maximum atomic E-state index is 13.9. The number of anilines is 1. The normalized spacial score (nSPS) is 12.0. The Morgan fingerprint density at radius 2 is 1.62 bits per heavy atom. The fourth-order valence-corrected chi connectivity index (χ4v) is 5.78. The number of halogens is 1. The highest BCUT2D eigenvalue weighted by molar-refractivity contribution is 7.92. The quantitative estimate of drug-likeness (QED) is 0.268. The highest BCUT2D eigenvalue weighted by Crippen LogP contribution is 2.27. The molecule has 3 aromatic carbocycles. The third-order valence-electron chi connectivity index (χ3n) is 6.94. The van der Waals surface area contributed by atoms with Gasteiger partial charge in [0.2, 0.25) is 11.8 Å². The number of unbranched alkanes of at least 4 members (excludes halogenated alkanes) is 1. The van der Waals surface area contributed by atoms with Crippen molar-refractivity contribution in [1.29, 1.82) is 0 Å². The van der Waals surface area contributed by atoms with Crippen molar-refractivity contribution in [3.05, 3.63) is 94.5 Å². The molecule has 0 bridgehead atoms. The van der Waals surface area contributed by atoms with Gasteiger partial charge in [-0.1, -0.05) is 61.3 Å². The molecule has 1 atom stereocenters. The van der Waals surface area contributed by atoms with E-state index in [1.807, 2.05) is 57.2 Å². The molecule has 214 valence electrons. The Morgan fingerprint density at radius 3 is 2.25 bits per heavy atom. The smallest absolute Gasteiger partial charge is 0.264 e. The molecule has 7 nitrogen and oxygen atoms in total. The average Bonchev–Trinajstić information content (AvgIpc) is 2.94. The monoisotopic (exact) mass is 583 g/mol. The van der Waals surface area contributed by atoms with E-state index in [1.165, 1.54) is 29.2 Å². The summed E-state index contributed by atoms with van der Waals surface area (Å²) >= 11 is 6.01. The van der Waals surface area contributed by atoms with Crippen LogP contribution in [0.5, 0.6) is 0 Å². The molecule has 2 amide bonds. The second-order valence-corrected chi connectivity index (χ2v) is 12.2. The molecule has 0 aliphatic rings. The number of sulfonamides is 1. The summed E-state index contributed by atoms with van der Waals surface area (Å²) in [7, 11) is -4.13. The lowest BCUT2D eigenvalue weighted by atomic mass is 10.1. The minimum atomic E-state index is -4.13. The van der Waals surface area contributed by atoms with Crippen LogP contribution in [0.3, 0.4) is 0 Å². The standard InChI is InChI=1S/C31H38ClN3O4S/c1-5-6-19-33-31(37)25(4)34(20-18-26-10-8-7-9-11-26)30(36)22-35(28-15-12-23(2)24(3)21-28)40(38,39)29-16-13-27(32)14-17-29/h7-17,21,25H,5-6,18-20,22H2,1-4H3,(H,33,37). The Hall–Kier alpha value is -3.36. The van der Waals surface area contributed by atoms with Gasteiger partial charge in [-0.05, 0) is 86.7 Å². The second-order valence-electron chi connectivity index (χ2n) is 9.88. The number of rotatable bonds is 13. The summed E-state index contributed by atoms with van der Waals surface area (Å²) < 4.78 is 28.9. The van der Waals surface area contributed by atoms with Crippen LogP contribution in [0.4, 0.5) is 5.69 Å². The molecule has 1 N–H and O–H groups in total. The average molecular weight is 584 g/mol. The summed E-state index contributed by atoms with van der Waals surface area (Å²) in [6, 6.07) is 20.0. The lowest BCUT2D eigenvalue weighted by Crippen LogP contribution is -2.52. The van der Waals surface area contributed by atoms with Crippen molar-refractivity contribution in [2.45, 2.75) is 57.9 Å². The molecular weight excluding hydrogens is 546 g/mol. The van der Waals surface area contributed by atoms with Crippen LogP contribution in [0.15, 0.2) is 77.7 Å². The van der Waals surface area contributed by atoms with E-state index in [0.29, 0.717) is 23.7 Å². The number of nitrogens with one attached hydrogen (secondary N) is 1. The molecule has 0 saturated carbocycles. The molecule has 0 radical (unpaired) electrons. The van der Waals surface area contributed by atoms with Crippen molar-refractivity contribution in [3.63, 3.8) is 0 Å². The lowest BCUT2D eigenvalue weighted by Gasteiger charge is -2.32. The number of benzene rings is 3. The first-order chi connectivity index (χ1) is 19.0. The van der Waals surface area contributed by atoms with E-state index in [4.69, 9.17) is 11.6 Å². The summed E-state index contributed by atoms with van der Waals surface area (Å²) in [5.74, 6) is -0.738. The van der Waals surface area contributed by atoms with Gasteiger partial charge < -0.3 is 10.2 Å². The van der Waals surface area contributed by atoms with Crippen LogP contribution in [0.2, 0.25) is 5.02 Å². The number of hydrogen-bond donors (Lipinski definition) is 1. The van der Waals surface area contributed by atoms with Crippen LogP contribution < -0.4 is 9.62 Å². The topological polar surface area (TPSA) is 86.8 Å². The van der Waals surface area contributed by atoms with Gasteiger partial charge in [0.1, 0.15) is 12.6 Å². The minimum Gasteiger partial charge on any atom is -0.354 e. The lowest BCUT2D eigenvalue weighted by molar-refractivity contribution is -0.138. The number of nitrogens with zero attached hydrogens (tertiary/aromatic N) is 2. The molecule has 40 heavy (non-hydrogen) atoms. The molecule has 0 spiro atoms. The first-order valence-electron chi connectivity index (χ1n) is 13.5. The third kappa shape index (κ3) is 8.08. The van der Waals surface area contributed by atoms with Gasteiger partial charge in [0.15, 0.2) is 0 Å². The summed E-state index contributed by atoms with van der Waals surface area (Å²) in [5, 5.41) is 3.31. The van der Waals surface area contributed by atoms with Crippen LogP contribution in [0, 0.1) is 13.8 Å². The molecule has 3 rings (SSSR count). The first kappa shape index (κ1) is 31.2. The van der Waals surface area contributed by atoms with Crippen LogP contribution in [0.25, 0.3) is 0 Å². The maximum Gasteiger partial charge on any atom is 0.264 e. The largest absolute Gasteiger partial charge is 0.354 e. The molecule has 0 aliphatic heterocycles. The van der Waals surface area contributed by atoms with E-state index in [2.05, 4.69) is 5.32 Å². The second kappa shape index (κ2) is 14.3. The molecule has 0 fully saturated rings. The van der Waals surface area contributed by atoms with E-state index < -0.39 is 28.5 Å². The zero-order valence-corrected chi connectivity index (χ0v) is 25.1. The number of aryl methyl sites for hydroxylation is 2. The van der Waals surface area contributed by atoms with Crippen molar-refractivity contribution in [2.24, 2.45) is 0 Å². The number of hydrogen-bond acceptors (Lipinski definition) is 4. The zero-order valence-electron chi connectivity index (χ0n) is 23.6. The van der Waals surface area contributed by atoms with Gasteiger partial charge in [-0.2, -0.15) is 0 Å². The summed E-state index contributed by atoms with van der Waals surface area (Å²) in [6.07, 6.45) is 2.28. The molecule has 1 unspecified atom stereocenters. The van der Waals surface area contributed by atoms with E-state index in [-0.39, 0.29) is 17.3 Å². The molecule has 0 heterocycles. The van der Waals surface area contributed by atoms with Gasteiger partial charge in [0.05, 0.1) is 10.6 Å². The number of carbonyl (C=O) groups is 2. The van der Waals surface area contributed by atoms with Crippen molar-refractivity contribution < 1.29 is 18.0 Å². The number of amides is 2. The van der Waals surface area contributed by atoms with Gasteiger partial charge in [0, 0.05) is 18.1 Å². The Balaban J connectivity index is 1.97. The highest BCUT2D eigenvalue weighted by atomic mass is 35.5. The molecular formula is C31H38ClN3O4S. The van der Waals surface area contributed by atoms with E-state index in [9.17, 15) is 18.0 Å². The maximum absolute atomic E-state index is 13.9. The van der Waals surface area contributed by atoms with Crippen molar-refractivity contribution in [2.75, 3.05) is 23.9 Å². The van der Waals surface area contributed by atoms with Crippen LogP contribution in [-0.2, 0) is 26.0 Å². The Labute approximate surface area is 243 Å². The van der Waals surface area contributed by atoms with Crippen LogP contribution in [-0.4, -0.2) is 50.8 Å². The van der Waals surface area contributed by atoms with Crippen molar-refractivity contribution in [3.8, 4) is 0 Å². The fraction of sp³-hybridized carbons (Fsp3) is 0.355. The Morgan fingerprint density at radius 1 is 0.950 bits per heavy atom. The Bertz CT molecular complexity index is 1400. The predicted octanol–water partition coefficient (Wildman–Crippen LogP) is 5.53. The molecule has 0 saturated heterocycles. The van der Waals surface area contributed by atoms with Gasteiger partial charge in [-0.25, -0.2) is 8.42 Å². The fourth-order valence-electron chi connectivity index (χ4n) is 4.25.